The van der Waals surface area contributed by atoms with Gasteiger partial charge in [-0.1, -0.05) is 57.8 Å². The van der Waals surface area contributed by atoms with Gasteiger partial charge in [-0.05, 0) is 42.2 Å². The van der Waals surface area contributed by atoms with Gasteiger partial charge in [-0.3, -0.25) is 0 Å². The number of nitrogens with zero attached hydrogens (tertiary/aromatic N) is 3. The van der Waals surface area contributed by atoms with Crippen LogP contribution in [0.3, 0.4) is 0 Å². The summed E-state index contributed by atoms with van der Waals surface area (Å²) in [6.07, 6.45) is 2.17. The van der Waals surface area contributed by atoms with Crippen LogP contribution in [0.1, 0.15) is 46.6 Å². The first-order valence-electron chi connectivity index (χ1n) is 13.9. The number of nitriles is 1. The van der Waals surface area contributed by atoms with Crippen molar-refractivity contribution in [3.63, 3.8) is 0 Å². The first-order valence-corrected chi connectivity index (χ1v) is 17.6. The highest BCUT2D eigenvalue weighted by Gasteiger charge is 2.39. The molecule has 4 rings (SSSR count). The van der Waals surface area contributed by atoms with Crippen LogP contribution in [0, 0.1) is 22.7 Å². The molecule has 2 aliphatic rings. The predicted octanol–water partition coefficient (Wildman–Crippen LogP) is 6.16. The van der Waals surface area contributed by atoms with Crippen LogP contribution in [0.25, 0.3) is 0 Å². The average Bonchev–Trinajstić information content (AvgIpc) is 2.89. The summed E-state index contributed by atoms with van der Waals surface area (Å²) in [6.45, 7) is 17.7. The molecule has 13 heteroatoms. The molecular formula is C28H40BCl2N5O4Si. The highest BCUT2D eigenvalue weighted by molar-refractivity contribution is 6.74. The Hall–Kier alpha value is -1.91. The Labute approximate surface area is 254 Å². The van der Waals surface area contributed by atoms with Crippen LogP contribution in [-0.4, -0.2) is 57.9 Å². The van der Waals surface area contributed by atoms with Gasteiger partial charge in [0, 0.05) is 41.4 Å². The molecule has 2 N–H and O–H groups in total. The van der Waals surface area contributed by atoms with Gasteiger partial charge in [-0.2, -0.15) is 10.2 Å². The number of rotatable bonds is 8. The molecular weight excluding hydrogens is 580 g/mol. The summed E-state index contributed by atoms with van der Waals surface area (Å²) < 4.78 is 24.4. The zero-order chi connectivity index (χ0) is 30.0. The Morgan fingerprint density at radius 1 is 1.20 bits per heavy atom. The van der Waals surface area contributed by atoms with E-state index >= 15 is 0 Å². The summed E-state index contributed by atoms with van der Waals surface area (Å²) in [5.74, 6) is 0.556. The van der Waals surface area contributed by atoms with Crippen molar-refractivity contribution in [2.75, 3.05) is 37.1 Å². The monoisotopic (exact) mass is 619 g/mol. The van der Waals surface area contributed by atoms with Crippen molar-refractivity contribution in [1.29, 1.82) is 5.26 Å². The second kappa shape index (κ2) is 12.8. The van der Waals surface area contributed by atoms with Crippen molar-refractivity contribution < 1.29 is 18.5 Å². The average molecular weight is 620 g/mol. The summed E-state index contributed by atoms with van der Waals surface area (Å²) in [4.78, 5) is 8.95. The summed E-state index contributed by atoms with van der Waals surface area (Å²) in [7, 11) is -2.65. The van der Waals surface area contributed by atoms with Crippen molar-refractivity contribution in [1.82, 2.24) is 9.97 Å². The van der Waals surface area contributed by atoms with Gasteiger partial charge in [0.15, 0.2) is 14.1 Å². The van der Waals surface area contributed by atoms with Crippen molar-refractivity contribution in [2.24, 2.45) is 11.3 Å². The summed E-state index contributed by atoms with van der Waals surface area (Å²) >= 11 is 13.3. The minimum atomic E-state index is -2.06. The molecule has 0 spiro atoms. The van der Waals surface area contributed by atoms with Crippen LogP contribution >= 0.6 is 23.2 Å². The fourth-order valence-corrected chi connectivity index (χ4v) is 5.75. The second-order valence-corrected chi connectivity index (χ2v) is 18.7. The fourth-order valence-electron chi connectivity index (χ4n) is 4.33. The molecule has 1 unspecified atom stereocenters. The van der Waals surface area contributed by atoms with E-state index < -0.39 is 15.4 Å². The molecule has 9 nitrogen and oxygen atoms in total. The Morgan fingerprint density at radius 2 is 1.90 bits per heavy atom. The third kappa shape index (κ3) is 7.93. The summed E-state index contributed by atoms with van der Waals surface area (Å²) in [6, 6.07) is 5.91. The normalized spacial score (nSPS) is 21.3. The molecule has 0 saturated carbocycles. The van der Waals surface area contributed by atoms with Gasteiger partial charge >= 0.3 is 7.12 Å². The van der Waals surface area contributed by atoms with Crippen LogP contribution in [0.2, 0.25) is 28.2 Å². The van der Waals surface area contributed by atoms with Crippen molar-refractivity contribution in [3.05, 3.63) is 33.9 Å². The number of anilines is 3. The topological polar surface area (TPSA) is 111 Å². The number of halogens is 2. The fraction of sp³-hybridized carbons (Fsp3) is 0.607. The molecule has 0 bridgehead atoms. The zero-order valence-corrected chi connectivity index (χ0v) is 27.4. The van der Waals surface area contributed by atoms with E-state index in [1.807, 2.05) is 12.1 Å². The Bertz CT molecular complexity index is 1280. The lowest BCUT2D eigenvalue weighted by Gasteiger charge is -2.37. The van der Waals surface area contributed by atoms with Gasteiger partial charge in [0.2, 0.25) is 5.95 Å². The van der Waals surface area contributed by atoms with Crippen molar-refractivity contribution in [3.8, 4) is 6.07 Å². The van der Waals surface area contributed by atoms with E-state index in [1.165, 1.54) is 6.20 Å². The van der Waals surface area contributed by atoms with E-state index in [0.29, 0.717) is 67.0 Å². The van der Waals surface area contributed by atoms with E-state index in [4.69, 9.17) is 41.7 Å². The molecule has 2 aliphatic heterocycles. The Morgan fingerprint density at radius 3 is 2.56 bits per heavy atom. The Kier molecular flexibility index (Phi) is 9.96. The van der Waals surface area contributed by atoms with Crippen LogP contribution < -0.4 is 16.1 Å². The van der Waals surface area contributed by atoms with Gasteiger partial charge in [0.25, 0.3) is 0 Å². The first-order chi connectivity index (χ1) is 19.2. The van der Waals surface area contributed by atoms with Gasteiger partial charge < -0.3 is 29.1 Å². The predicted molar refractivity (Wildman–Crippen MR) is 167 cm³/mol. The van der Waals surface area contributed by atoms with Crippen LogP contribution in [0.5, 0.6) is 0 Å². The third-order valence-electron chi connectivity index (χ3n) is 7.94. The first kappa shape index (κ1) is 32.0. The molecule has 3 heterocycles. The maximum atomic E-state index is 9.53. The number of nitrogens with one attached hydrogen (secondary N) is 2. The largest absolute Gasteiger partial charge is 0.495 e. The van der Waals surface area contributed by atoms with Gasteiger partial charge in [0.05, 0.1) is 37.4 Å². The molecule has 2 saturated heterocycles. The Balaban J connectivity index is 1.61. The van der Waals surface area contributed by atoms with Gasteiger partial charge in [-0.25, -0.2) is 4.98 Å². The number of hydrogen-bond acceptors (Lipinski definition) is 9. The SMILES string of the molecule is CC1(C)COB(c2c(Cl)cc(Nc3ncc(Cl)c(N[C@H]4COCCC4C#N)n3)cc2CO[Si](C)(C)C(C)(C)C)OC1. The standard InChI is InChI=1S/C28H40BCl2N5O4Si/c1-27(2,3)41(6,7)40-14-19-10-20(11-21(30)24(19)29-38-16-28(4,5)17-39-29)34-26-33-13-22(31)25(36-26)35-23-15-37-9-8-18(23)12-32/h10-11,13,18,23H,8-9,14-17H2,1-7H3,(H2,33,34,35,36)/t18?,23-/m0/s1. The van der Waals surface area contributed by atoms with Crippen LogP contribution in [0.15, 0.2) is 18.3 Å². The van der Waals surface area contributed by atoms with Gasteiger partial charge in [0.1, 0.15) is 5.02 Å². The van der Waals surface area contributed by atoms with Crippen molar-refractivity contribution in [2.45, 2.75) is 71.8 Å². The van der Waals surface area contributed by atoms with E-state index in [2.05, 4.69) is 74.4 Å². The molecule has 222 valence electrons. The number of benzene rings is 1. The molecule has 0 aliphatic carbocycles. The minimum Gasteiger partial charge on any atom is -0.413 e. The molecule has 2 fully saturated rings. The van der Waals surface area contributed by atoms with E-state index in [0.717, 1.165) is 11.0 Å². The molecule has 0 amide bonds. The van der Waals surface area contributed by atoms with Crippen molar-refractivity contribution >= 4 is 61.6 Å². The van der Waals surface area contributed by atoms with E-state index in [1.54, 1.807) is 0 Å². The second-order valence-electron chi connectivity index (χ2n) is 13.1. The molecule has 2 aromatic rings. The molecule has 0 radical (unpaired) electrons. The molecule has 41 heavy (non-hydrogen) atoms. The lowest BCUT2D eigenvalue weighted by Crippen LogP contribution is -2.49. The lowest BCUT2D eigenvalue weighted by molar-refractivity contribution is 0.0342. The number of aromatic nitrogens is 2. The smallest absolute Gasteiger partial charge is 0.413 e. The zero-order valence-electron chi connectivity index (χ0n) is 24.9. The quantitative estimate of drug-likeness (QED) is 0.336. The lowest BCUT2D eigenvalue weighted by atomic mass is 9.73. The molecule has 1 aromatic heterocycles. The third-order valence-corrected chi connectivity index (χ3v) is 13.0. The minimum absolute atomic E-state index is 0.0448. The molecule has 2 atom stereocenters. The number of ether oxygens (including phenoxy) is 1. The highest BCUT2D eigenvalue weighted by Crippen LogP contribution is 2.37. The maximum absolute atomic E-state index is 9.53. The maximum Gasteiger partial charge on any atom is 0.495 e. The summed E-state index contributed by atoms with van der Waals surface area (Å²) in [5, 5.41) is 16.9. The van der Waals surface area contributed by atoms with Gasteiger partial charge in [-0.15, -0.1) is 0 Å². The summed E-state index contributed by atoms with van der Waals surface area (Å²) in [5.41, 5.74) is 2.26. The van der Waals surface area contributed by atoms with Crippen LogP contribution in [0.4, 0.5) is 17.5 Å². The highest BCUT2D eigenvalue weighted by atomic mass is 35.5. The van der Waals surface area contributed by atoms with E-state index in [-0.39, 0.29) is 22.4 Å². The number of hydrogen-bond donors (Lipinski definition) is 2. The molecule has 1 aromatic carbocycles. The van der Waals surface area contributed by atoms with Crippen LogP contribution in [-0.2, 0) is 25.1 Å². The van der Waals surface area contributed by atoms with E-state index in [9.17, 15) is 5.26 Å².